The molecule has 0 aliphatic carbocycles. The van der Waals surface area contributed by atoms with Crippen molar-refractivity contribution in [1.29, 1.82) is 5.26 Å². The van der Waals surface area contributed by atoms with Crippen molar-refractivity contribution in [3.63, 3.8) is 0 Å². The molecule has 0 amide bonds. The highest BCUT2D eigenvalue weighted by Gasteiger charge is 2.11. The number of esters is 1. The molecule has 0 bridgehead atoms. The number of hydrogen-bond acceptors (Lipinski definition) is 5. The van der Waals surface area contributed by atoms with Gasteiger partial charge in [0.05, 0.1) is 22.5 Å². The van der Waals surface area contributed by atoms with Gasteiger partial charge in [-0.05, 0) is 42.8 Å². The van der Waals surface area contributed by atoms with Crippen LogP contribution in [0.15, 0.2) is 54.6 Å². The van der Waals surface area contributed by atoms with Crippen LogP contribution in [0.4, 0.5) is 4.39 Å². The van der Waals surface area contributed by atoms with Crippen LogP contribution in [0.5, 0.6) is 5.75 Å². The van der Waals surface area contributed by atoms with Crippen LogP contribution in [0.3, 0.4) is 0 Å². The van der Waals surface area contributed by atoms with Gasteiger partial charge in [-0.15, -0.1) is 0 Å². The minimum atomic E-state index is -0.733. The number of aryl methyl sites for hydroxylation is 1. The average Bonchev–Trinajstić information content (AvgIpc) is 2.69. The van der Waals surface area contributed by atoms with Gasteiger partial charge in [0, 0.05) is 11.6 Å². The summed E-state index contributed by atoms with van der Waals surface area (Å²) in [7, 11) is 0. The van der Waals surface area contributed by atoms with E-state index in [1.807, 2.05) is 12.1 Å². The van der Waals surface area contributed by atoms with Crippen LogP contribution in [-0.2, 0) is 6.42 Å². The second-order valence-corrected chi connectivity index (χ2v) is 5.88. The molecule has 0 fully saturated rings. The average molecular weight is 361 g/mol. The number of nitrogens with zero attached hydrogens (tertiary/aromatic N) is 3. The Bertz CT molecular complexity index is 993. The van der Waals surface area contributed by atoms with Crippen LogP contribution in [-0.4, -0.2) is 16.2 Å². The van der Waals surface area contributed by atoms with E-state index in [4.69, 9.17) is 10.00 Å². The monoisotopic (exact) mass is 361 g/mol. The summed E-state index contributed by atoms with van der Waals surface area (Å²) >= 11 is 0. The van der Waals surface area contributed by atoms with Crippen molar-refractivity contribution in [3.05, 3.63) is 77.2 Å². The second-order valence-electron chi connectivity index (χ2n) is 5.88. The topological polar surface area (TPSA) is 75.9 Å². The summed E-state index contributed by atoms with van der Waals surface area (Å²) in [5.41, 5.74) is 2.69. The first-order chi connectivity index (χ1) is 13.1. The third-order valence-corrected chi connectivity index (χ3v) is 3.91. The molecule has 6 heteroatoms. The van der Waals surface area contributed by atoms with Crippen molar-refractivity contribution in [2.75, 3.05) is 0 Å². The van der Waals surface area contributed by atoms with E-state index < -0.39 is 11.8 Å². The molecule has 0 saturated carbocycles. The number of benzene rings is 2. The minimum Gasteiger partial charge on any atom is -0.423 e. The number of hydrogen-bond donors (Lipinski definition) is 0. The van der Waals surface area contributed by atoms with E-state index >= 15 is 0 Å². The highest BCUT2D eigenvalue weighted by Crippen LogP contribution is 2.20. The summed E-state index contributed by atoms with van der Waals surface area (Å²) in [6, 6.07) is 15.9. The first-order valence-electron chi connectivity index (χ1n) is 8.45. The molecule has 0 spiro atoms. The van der Waals surface area contributed by atoms with Crippen molar-refractivity contribution in [3.8, 4) is 23.1 Å². The zero-order chi connectivity index (χ0) is 19.2. The molecule has 2 aromatic carbocycles. The highest BCUT2D eigenvalue weighted by molar-refractivity contribution is 5.91. The Hall–Kier alpha value is -3.59. The third-order valence-electron chi connectivity index (χ3n) is 3.91. The molecule has 0 aliphatic rings. The molecular weight excluding hydrogens is 345 g/mol. The molecule has 27 heavy (non-hydrogen) atoms. The van der Waals surface area contributed by atoms with E-state index in [-0.39, 0.29) is 11.3 Å². The molecule has 1 aromatic heterocycles. The summed E-state index contributed by atoms with van der Waals surface area (Å²) in [6.07, 6.45) is 1.89. The van der Waals surface area contributed by atoms with Crippen LogP contribution in [0.1, 0.15) is 35.0 Å². The van der Waals surface area contributed by atoms with Gasteiger partial charge in [0.2, 0.25) is 0 Å². The van der Waals surface area contributed by atoms with E-state index in [1.54, 1.807) is 30.3 Å². The highest BCUT2D eigenvalue weighted by atomic mass is 19.1. The normalized spacial score (nSPS) is 10.3. The maximum atomic E-state index is 13.6. The zero-order valence-corrected chi connectivity index (χ0v) is 14.6. The van der Waals surface area contributed by atoms with E-state index in [9.17, 15) is 9.18 Å². The van der Waals surface area contributed by atoms with Crippen LogP contribution in [0.2, 0.25) is 0 Å². The Morgan fingerprint density at radius 2 is 1.89 bits per heavy atom. The molecule has 3 rings (SSSR count). The van der Waals surface area contributed by atoms with Gasteiger partial charge in [0.1, 0.15) is 17.6 Å². The molecule has 0 radical (unpaired) electrons. The lowest BCUT2D eigenvalue weighted by molar-refractivity contribution is 0.0734. The standard InChI is InChI=1S/C21H16FN3O2/c1-2-3-17-9-11-20(25-24-17)14-4-6-15(7-5-14)21(26)27-18-10-8-16(13-23)19(22)12-18/h4-12H,2-3H2,1H3. The number of ether oxygens (including phenoxy) is 1. The number of carbonyl (C=O) groups is 1. The SMILES string of the molecule is CCCc1ccc(-c2ccc(C(=O)Oc3ccc(C#N)c(F)c3)cc2)nn1. The zero-order valence-electron chi connectivity index (χ0n) is 14.6. The Balaban J connectivity index is 1.72. The van der Waals surface area contributed by atoms with Crippen LogP contribution in [0, 0.1) is 17.1 Å². The molecule has 0 unspecified atom stereocenters. The van der Waals surface area contributed by atoms with Crippen LogP contribution < -0.4 is 4.74 Å². The summed E-state index contributed by atoms with van der Waals surface area (Å²) in [5.74, 6) is -1.31. The van der Waals surface area contributed by atoms with Gasteiger partial charge in [-0.1, -0.05) is 25.5 Å². The van der Waals surface area contributed by atoms with Gasteiger partial charge in [-0.25, -0.2) is 9.18 Å². The lowest BCUT2D eigenvalue weighted by Gasteiger charge is -2.06. The molecule has 3 aromatic rings. The molecule has 134 valence electrons. The van der Waals surface area contributed by atoms with Crippen molar-refractivity contribution in [1.82, 2.24) is 10.2 Å². The lowest BCUT2D eigenvalue weighted by Crippen LogP contribution is -2.08. The van der Waals surface area contributed by atoms with Gasteiger partial charge in [0.15, 0.2) is 0 Å². The number of rotatable bonds is 5. The van der Waals surface area contributed by atoms with Crippen molar-refractivity contribution >= 4 is 5.97 Å². The summed E-state index contributed by atoms with van der Waals surface area (Å²) in [5, 5.41) is 17.1. The molecule has 0 N–H and O–H groups in total. The predicted octanol–water partition coefficient (Wildman–Crippen LogP) is 4.33. The number of nitriles is 1. The largest absolute Gasteiger partial charge is 0.423 e. The van der Waals surface area contributed by atoms with E-state index in [1.165, 1.54) is 12.1 Å². The van der Waals surface area contributed by atoms with Crippen molar-refractivity contribution in [2.24, 2.45) is 0 Å². The molecule has 5 nitrogen and oxygen atoms in total. The van der Waals surface area contributed by atoms with Crippen molar-refractivity contribution in [2.45, 2.75) is 19.8 Å². The van der Waals surface area contributed by atoms with E-state index in [2.05, 4.69) is 17.1 Å². The first kappa shape index (κ1) is 18.2. The molecule has 0 saturated heterocycles. The van der Waals surface area contributed by atoms with Crippen LogP contribution >= 0.6 is 0 Å². The minimum absolute atomic E-state index is 0.0398. The Morgan fingerprint density at radius 3 is 2.48 bits per heavy atom. The third kappa shape index (κ3) is 4.33. The quantitative estimate of drug-likeness (QED) is 0.499. The second kappa shape index (κ2) is 8.19. The van der Waals surface area contributed by atoms with Gasteiger partial charge >= 0.3 is 5.97 Å². The maximum absolute atomic E-state index is 13.6. The van der Waals surface area contributed by atoms with Gasteiger partial charge in [-0.3, -0.25) is 0 Å². The van der Waals surface area contributed by atoms with E-state index in [0.29, 0.717) is 11.3 Å². The molecule has 0 aliphatic heterocycles. The molecular formula is C21H16FN3O2. The Morgan fingerprint density at radius 1 is 1.11 bits per heavy atom. The predicted molar refractivity (Wildman–Crippen MR) is 97.5 cm³/mol. The lowest BCUT2D eigenvalue weighted by atomic mass is 10.1. The summed E-state index contributed by atoms with van der Waals surface area (Å²) in [4.78, 5) is 12.2. The summed E-state index contributed by atoms with van der Waals surface area (Å²) in [6.45, 7) is 2.08. The summed E-state index contributed by atoms with van der Waals surface area (Å²) < 4.78 is 18.7. The van der Waals surface area contributed by atoms with Crippen molar-refractivity contribution < 1.29 is 13.9 Å². The van der Waals surface area contributed by atoms with Crippen LogP contribution in [0.25, 0.3) is 11.3 Å². The van der Waals surface area contributed by atoms with E-state index in [0.717, 1.165) is 30.2 Å². The first-order valence-corrected chi connectivity index (χ1v) is 8.45. The molecule has 1 heterocycles. The van der Waals surface area contributed by atoms with Gasteiger partial charge < -0.3 is 4.74 Å². The fourth-order valence-electron chi connectivity index (χ4n) is 2.50. The number of halogens is 1. The smallest absolute Gasteiger partial charge is 0.343 e. The van der Waals surface area contributed by atoms with Gasteiger partial charge in [0.25, 0.3) is 0 Å². The van der Waals surface area contributed by atoms with Gasteiger partial charge in [-0.2, -0.15) is 15.5 Å². The number of carbonyl (C=O) groups excluding carboxylic acids is 1. The molecule has 0 atom stereocenters. The fourth-order valence-corrected chi connectivity index (χ4v) is 2.50. The Labute approximate surface area is 156 Å². The maximum Gasteiger partial charge on any atom is 0.343 e. The number of aromatic nitrogens is 2. The Kier molecular flexibility index (Phi) is 5.53. The fraction of sp³-hybridized carbons (Fsp3) is 0.143.